The van der Waals surface area contributed by atoms with Crippen LogP contribution in [0.3, 0.4) is 0 Å². The molecule has 1 N–H and O–H groups in total. The number of hydrogen-bond donors (Lipinski definition) is 1. The fourth-order valence-electron chi connectivity index (χ4n) is 3.03. The van der Waals surface area contributed by atoms with Crippen LogP contribution in [-0.4, -0.2) is 42.7 Å². The molecular formula is C16H25BrN2O. The van der Waals surface area contributed by atoms with E-state index in [-0.39, 0.29) is 0 Å². The van der Waals surface area contributed by atoms with E-state index in [2.05, 4.69) is 51.8 Å². The Labute approximate surface area is 130 Å². The number of likely N-dealkylation sites (tertiary alicyclic amines) is 1. The third-order valence-electron chi connectivity index (χ3n) is 4.26. The van der Waals surface area contributed by atoms with Crippen LogP contribution in [0.4, 0.5) is 5.69 Å². The predicted octanol–water partition coefficient (Wildman–Crippen LogP) is 3.42. The highest BCUT2D eigenvalue weighted by atomic mass is 79.9. The summed E-state index contributed by atoms with van der Waals surface area (Å²) in [7, 11) is 2.15. The van der Waals surface area contributed by atoms with E-state index in [0.29, 0.717) is 6.04 Å². The summed E-state index contributed by atoms with van der Waals surface area (Å²) in [5.74, 6) is 0. The van der Waals surface area contributed by atoms with Gasteiger partial charge in [-0.05, 0) is 50.6 Å². The topological polar surface area (TPSA) is 26.7 Å². The van der Waals surface area contributed by atoms with Crippen LogP contribution in [-0.2, 0) is 0 Å². The van der Waals surface area contributed by atoms with Crippen LogP contribution in [0, 0.1) is 0 Å². The van der Waals surface area contributed by atoms with Crippen LogP contribution >= 0.6 is 15.9 Å². The minimum absolute atomic E-state index is 0.436. The Hall–Kier alpha value is -0.580. The van der Waals surface area contributed by atoms with Gasteiger partial charge in [-0.25, -0.2) is 0 Å². The van der Waals surface area contributed by atoms with Crippen molar-refractivity contribution >= 4 is 21.6 Å². The highest BCUT2D eigenvalue weighted by molar-refractivity contribution is 9.10. The van der Waals surface area contributed by atoms with Crippen molar-refractivity contribution in [2.24, 2.45) is 0 Å². The largest absolute Gasteiger partial charge is 0.389 e. The van der Waals surface area contributed by atoms with Crippen LogP contribution < -0.4 is 4.90 Å². The van der Waals surface area contributed by atoms with Crippen molar-refractivity contribution in [3.63, 3.8) is 0 Å². The molecule has 0 aromatic heterocycles. The van der Waals surface area contributed by atoms with Crippen LogP contribution in [0.1, 0.15) is 38.4 Å². The van der Waals surface area contributed by atoms with Gasteiger partial charge in [-0.1, -0.05) is 28.9 Å². The van der Waals surface area contributed by atoms with E-state index >= 15 is 0 Å². The molecule has 3 nitrogen and oxygen atoms in total. The summed E-state index contributed by atoms with van der Waals surface area (Å²) in [4.78, 5) is 4.88. The molecule has 1 fully saturated rings. The molecule has 0 bridgehead atoms. The number of aliphatic hydroxyl groups is 1. The zero-order chi connectivity index (χ0) is 14.7. The van der Waals surface area contributed by atoms with Crippen LogP contribution in [0.15, 0.2) is 22.7 Å². The Morgan fingerprint density at radius 3 is 2.85 bits per heavy atom. The molecule has 1 aromatic rings. The fraction of sp³-hybridized carbons (Fsp3) is 0.625. The first-order chi connectivity index (χ1) is 9.52. The van der Waals surface area contributed by atoms with Gasteiger partial charge in [0.1, 0.15) is 0 Å². The molecule has 2 rings (SSSR count). The number of nitrogens with zero attached hydrogens (tertiary/aromatic N) is 2. The molecule has 0 amide bonds. The third-order valence-corrected chi connectivity index (χ3v) is 4.95. The SMILES string of the molecule is CCN1CCCC1CN(C)c1ccc([C@H](C)O)c(Br)c1. The van der Waals surface area contributed by atoms with Gasteiger partial charge in [-0.3, -0.25) is 4.90 Å². The lowest BCUT2D eigenvalue weighted by Crippen LogP contribution is -2.38. The number of aliphatic hydroxyl groups excluding tert-OH is 1. The van der Waals surface area contributed by atoms with Gasteiger partial charge in [0.15, 0.2) is 0 Å². The van der Waals surface area contributed by atoms with Crippen molar-refractivity contribution < 1.29 is 5.11 Å². The summed E-state index contributed by atoms with van der Waals surface area (Å²) in [6.45, 7) is 7.48. The summed E-state index contributed by atoms with van der Waals surface area (Å²) < 4.78 is 0.982. The van der Waals surface area contributed by atoms with E-state index in [9.17, 15) is 5.11 Å². The summed E-state index contributed by atoms with van der Waals surface area (Å²) in [6.07, 6.45) is 2.18. The lowest BCUT2D eigenvalue weighted by atomic mass is 10.1. The van der Waals surface area contributed by atoms with Gasteiger partial charge in [0.25, 0.3) is 0 Å². The monoisotopic (exact) mass is 340 g/mol. The molecule has 0 radical (unpaired) electrons. The molecule has 1 aliphatic rings. The predicted molar refractivity (Wildman–Crippen MR) is 88.3 cm³/mol. The van der Waals surface area contributed by atoms with Crippen molar-refractivity contribution in [1.29, 1.82) is 0 Å². The fourth-order valence-corrected chi connectivity index (χ4v) is 3.73. The standard InChI is InChI=1S/C16H25BrN2O/c1-4-19-9-5-6-14(19)11-18(3)13-7-8-15(12(2)20)16(17)10-13/h7-8,10,12,14,20H,4-6,9,11H2,1-3H3/t12-,14?/m0/s1. The molecule has 1 heterocycles. The van der Waals surface area contributed by atoms with Crippen LogP contribution in [0.5, 0.6) is 0 Å². The first-order valence-electron chi connectivity index (χ1n) is 7.45. The average Bonchev–Trinajstić information content (AvgIpc) is 2.85. The second kappa shape index (κ2) is 6.92. The number of benzene rings is 1. The molecule has 1 aliphatic heterocycles. The van der Waals surface area contributed by atoms with Crippen molar-refractivity contribution in [2.75, 3.05) is 31.6 Å². The van der Waals surface area contributed by atoms with Gasteiger partial charge in [-0.15, -0.1) is 0 Å². The normalized spacial score (nSPS) is 21.1. The first kappa shape index (κ1) is 15.8. The molecule has 1 saturated heterocycles. The Morgan fingerprint density at radius 2 is 2.25 bits per heavy atom. The Balaban J connectivity index is 2.05. The highest BCUT2D eigenvalue weighted by Crippen LogP contribution is 2.28. The number of anilines is 1. The third kappa shape index (κ3) is 3.54. The van der Waals surface area contributed by atoms with E-state index < -0.39 is 6.10 Å². The van der Waals surface area contributed by atoms with Gasteiger partial charge in [0, 0.05) is 29.8 Å². The lowest BCUT2D eigenvalue weighted by Gasteiger charge is -2.29. The highest BCUT2D eigenvalue weighted by Gasteiger charge is 2.24. The molecule has 1 aromatic carbocycles. The van der Waals surface area contributed by atoms with Gasteiger partial charge in [0.05, 0.1) is 6.10 Å². The maximum absolute atomic E-state index is 9.68. The van der Waals surface area contributed by atoms with Crippen molar-refractivity contribution in [3.05, 3.63) is 28.2 Å². The van der Waals surface area contributed by atoms with Crippen LogP contribution in [0.25, 0.3) is 0 Å². The summed E-state index contributed by atoms with van der Waals surface area (Å²) in [5, 5.41) is 9.68. The average molecular weight is 341 g/mol. The van der Waals surface area contributed by atoms with E-state index in [1.807, 2.05) is 6.07 Å². The molecule has 0 spiro atoms. The number of likely N-dealkylation sites (N-methyl/N-ethyl adjacent to an activating group) is 2. The molecule has 2 atom stereocenters. The van der Waals surface area contributed by atoms with E-state index in [1.54, 1.807) is 6.92 Å². The maximum Gasteiger partial charge on any atom is 0.0772 e. The van der Waals surface area contributed by atoms with E-state index in [4.69, 9.17) is 0 Å². The summed E-state index contributed by atoms with van der Waals surface area (Å²) in [5.41, 5.74) is 2.14. The van der Waals surface area contributed by atoms with Crippen molar-refractivity contribution in [1.82, 2.24) is 4.90 Å². The van der Waals surface area contributed by atoms with Gasteiger partial charge in [0.2, 0.25) is 0 Å². The summed E-state index contributed by atoms with van der Waals surface area (Å²) in [6, 6.07) is 6.87. The maximum atomic E-state index is 9.68. The van der Waals surface area contributed by atoms with Gasteiger partial charge < -0.3 is 10.0 Å². The number of rotatable bonds is 5. The van der Waals surface area contributed by atoms with Gasteiger partial charge in [-0.2, -0.15) is 0 Å². The molecule has 0 aliphatic carbocycles. The smallest absolute Gasteiger partial charge is 0.0772 e. The Bertz CT molecular complexity index is 450. The van der Waals surface area contributed by atoms with Crippen molar-refractivity contribution in [3.8, 4) is 0 Å². The second-order valence-electron chi connectivity index (χ2n) is 5.69. The Kier molecular flexibility index (Phi) is 5.47. The van der Waals surface area contributed by atoms with E-state index in [1.165, 1.54) is 25.1 Å². The lowest BCUT2D eigenvalue weighted by molar-refractivity contribution is 0.198. The Morgan fingerprint density at radius 1 is 1.50 bits per heavy atom. The molecule has 0 saturated carbocycles. The zero-order valence-corrected chi connectivity index (χ0v) is 14.2. The van der Waals surface area contributed by atoms with Gasteiger partial charge >= 0.3 is 0 Å². The number of hydrogen-bond acceptors (Lipinski definition) is 3. The van der Waals surface area contributed by atoms with Crippen molar-refractivity contribution in [2.45, 2.75) is 38.8 Å². The van der Waals surface area contributed by atoms with Crippen LogP contribution in [0.2, 0.25) is 0 Å². The number of halogens is 1. The zero-order valence-electron chi connectivity index (χ0n) is 12.6. The molecule has 1 unspecified atom stereocenters. The second-order valence-corrected chi connectivity index (χ2v) is 6.54. The van der Waals surface area contributed by atoms with E-state index in [0.717, 1.165) is 23.1 Å². The first-order valence-corrected chi connectivity index (χ1v) is 8.25. The quantitative estimate of drug-likeness (QED) is 0.889. The molecule has 20 heavy (non-hydrogen) atoms. The molecule has 4 heteroatoms. The minimum Gasteiger partial charge on any atom is -0.389 e. The molecular weight excluding hydrogens is 316 g/mol. The summed E-state index contributed by atoms with van der Waals surface area (Å²) >= 11 is 3.56. The minimum atomic E-state index is -0.436. The molecule has 112 valence electrons.